The van der Waals surface area contributed by atoms with E-state index < -0.39 is 5.97 Å². The van der Waals surface area contributed by atoms with E-state index in [2.05, 4.69) is 4.98 Å². The number of aliphatic hydroxyl groups is 1. The van der Waals surface area contributed by atoms with Crippen LogP contribution < -0.4 is 0 Å². The summed E-state index contributed by atoms with van der Waals surface area (Å²) in [5.41, 5.74) is -0.129. The largest absolute Gasteiger partial charge is 0.476 e. The summed E-state index contributed by atoms with van der Waals surface area (Å²) in [5, 5.41) is 19.2. The van der Waals surface area contributed by atoms with Crippen LogP contribution in [0.5, 0.6) is 0 Å². The molecule has 1 aromatic heterocycles. The third-order valence-corrected chi connectivity index (χ3v) is 3.37. The summed E-state index contributed by atoms with van der Waals surface area (Å²) in [7, 11) is 0. The first-order valence-corrected chi connectivity index (χ1v) is 6.20. The van der Waals surface area contributed by atoms with E-state index in [1.165, 1.54) is 10.3 Å². The Kier molecular flexibility index (Phi) is 3.90. The van der Waals surface area contributed by atoms with E-state index in [4.69, 9.17) is 14.9 Å². The van der Waals surface area contributed by atoms with Crippen LogP contribution in [0, 0.1) is 0 Å². The Labute approximate surface area is 107 Å². The number of aromatic nitrogens is 1. The molecule has 1 aliphatic heterocycles. The van der Waals surface area contributed by atoms with Gasteiger partial charge < -0.3 is 19.8 Å². The Bertz CT molecular complexity index is 461. The van der Waals surface area contributed by atoms with Gasteiger partial charge in [-0.25, -0.2) is 9.78 Å². The molecule has 1 unspecified atom stereocenters. The van der Waals surface area contributed by atoms with Gasteiger partial charge in [-0.15, -0.1) is 11.3 Å². The number of carbonyl (C=O) groups excluding carboxylic acids is 1. The monoisotopic (exact) mass is 272 g/mol. The lowest BCUT2D eigenvalue weighted by Crippen LogP contribution is -2.46. The average Bonchev–Trinajstić information content (AvgIpc) is 2.87. The van der Waals surface area contributed by atoms with Gasteiger partial charge in [0, 0.05) is 18.5 Å². The number of nitrogens with zero attached hydrogens (tertiary/aromatic N) is 2. The SMILES string of the molecule is O=C(O)c1csc(C(=O)N2CCOC(CO)C2)n1. The van der Waals surface area contributed by atoms with Gasteiger partial charge in [-0.3, -0.25) is 4.79 Å². The van der Waals surface area contributed by atoms with Gasteiger partial charge in [-0.05, 0) is 0 Å². The second kappa shape index (κ2) is 5.42. The number of aromatic carboxylic acids is 1. The highest BCUT2D eigenvalue weighted by atomic mass is 32.1. The van der Waals surface area contributed by atoms with Crippen LogP contribution in [0.15, 0.2) is 5.38 Å². The zero-order valence-corrected chi connectivity index (χ0v) is 10.2. The van der Waals surface area contributed by atoms with Crippen molar-refractivity contribution >= 4 is 23.2 Å². The van der Waals surface area contributed by atoms with Crippen LogP contribution >= 0.6 is 11.3 Å². The zero-order valence-electron chi connectivity index (χ0n) is 9.40. The van der Waals surface area contributed by atoms with Crippen molar-refractivity contribution in [2.75, 3.05) is 26.3 Å². The van der Waals surface area contributed by atoms with Gasteiger partial charge >= 0.3 is 5.97 Å². The van der Waals surface area contributed by atoms with E-state index in [1.807, 2.05) is 0 Å². The summed E-state index contributed by atoms with van der Waals surface area (Å²) >= 11 is 1.00. The Morgan fingerprint density at radius 1 is 1.61 bits per heavy atom. The maximum Gasteiger partial charge on any atom is 0.355 e. The first-order chi connectivity index (χ1) is 8.61. The standard InChI is InChI=1S/C10H12N2O5S/c13-4-6-3-12(1-2-17-6)9(14)8-11-7(5-18-8)10(15)16/h5-6,13H,1-4H2,(H,15,16). The molecule has 1 aromatic rings. The number of rotatable bonds is 3. The van der Waals surface area contributed by atoms with Gasteiger partial charge in [0.15, 0.2) is 10.7 Å². The van der Waals surface area contributed by atoms with Crippen LogP contribution in [0.2, 0.25) is 0 Å². The van der Waals surface area contributed by atoms with Crippen molar-refractivity contribution in [2.45, 2.75) is 6.10 Å². The van der Waals surface area contributed by atoms with Gasteiger partial charge in [-0.1, -0.05) is 0 Å². The highest BCUT2D eigenvalue weighted by molar-refractivity contribution is 7.11. The summed E-state index contributed by atoms with van der Waals surface area (Å²) in [5.74, 6) is -1.48. The molecule has 1 aliphatic rings. The summed E-state index contributed by atoms with van der Waals surface area (Å²) in [6.07, 6.45) is -0.387. The van der Waals surface area contributed by atoms with E-state index in [1.54, 1.807) is 0 Å². The number of morpholine rings is 1. The lowest BCUT2D eigenvalue weighted by Gasteiger charge is -2.31. The number of aliphatic hydroxyl groups excluding tert-OH is 1. The molecule has 7 nitrogen and oxygen atoms in total. The maximum absolute atomic E-state index is 12.0. The molecule has 0 aliphatic carbocycles. The third-order valence-electron chi connectivity index (χ3n) is 2.54. The summed E-state index contributed by atoms with van der Waals surface area (Å²) < 4.78 is 5.23. The lowest BCUT2D eigenvalue weighted by molar-refractivity contribution is -0.0447. The summed E-state index contributed by atoms with van der Waals surface area (Å²) in [4.78, 5) is 28.0. The smallest absolute Gasteiger partial charge is 0.355 e. The van der Waals surface area contributed by atoms with Crippen LogP contribution in [0.4, 0.5) is 0 Å². The normalized spacial score (nSPS) is 19.8. The molecule has 0 aromatic carbocycles. The Morgan fingerprint density at radius 2 is 2.39 bits per heavy atom. The van der Waals surface area contributed by atoms with Crippen LogP contribution in [0.1, 0.15) is 20.3 Å². The van der Waals surface area contributed by atoms with Crippen molar-refractivity contribution < 1.29 is 24.5 Å². The summed E-state index contributed by atoms with van der Waals surface area (Å²) in [6, 6.07) is 0. The quantitative estimate of drug-likeness (QED) is 0.782. The number of carbonyl (C=O) groups is 2. The molecule has 0 radical (unpaired) electrons. The van der Waals surface area contributed by atoms with Crippen LogP contribution in [-0.2, 0) is 4.74 Å². The number of carboxylic acid groups (broad SMARTS) is 1. The lowest BCUT2D eigenvalue weighted by atomic mass is 10.3. The van der Waals surface area contributed by atoms with Crippen LogP contribution in [0.25, 0.3) is 0 Å². The molecule has 2 rings (SSSR count). The van der Waals surface area contributed by atoms with E-state index in [0.29, 0.717) is 13.2 Å². The molecule has 18 heavy (non-hydrogen) atoms. The van der Waals surface area contributed by atoms with Gasteiger partial charge in [0.1, 0.15) is 0 Å². The molecule has 0 saturated carbocycles. The number of hydrogen-bond acceptors (Lipinski definition) is 6. The number of amides is 1. The van der Waals surface area contributed by atoms with Crippen molar-refractivity contribution in [3.05, 3.63) is 16.1 Å². The molecule has 2 heterocycles. The topological polar surface area (TPSA) is 100.0 Å². The van der Waals surface area contributed by atoms with Crippen molar-refractivity contribution in [1.82, 2.24) is 9.88 Å². The number of hydrogen-bond donors (Lipinski definition) is 2. The second-order valence-electron chi connectivity index (χ2n) is 3.77. The maximum atomic E-state index is 12.0. The Balaban J connectivity index is 2.07. The highest BCUT2D eigenvalue weighted by Crippen LogP contribution is 2.15. The van der Waals surface area contributed by atoms with Gasteiger partial charge in [0.05, 0.1) is 19.3 Å². The van der Waals surface area contributed by atoms with Crippen LogP contribution in [-0.4, -0.2) is 64.4 Å². The van der Waals surface area contributed by atoms with Crippen molar-refractivity contribution in [2.24, 2.45) is 0 Å². The molecule has 1 amide bonds. The molecule has 0 spiro atoms. The molecule has 8 heteroatoms. The van der Waals surface area contributed by atoms with E-state index in [0.717, 1.165) is 11.3 Å². The van der Waals surface area contributed by atoms with E-state index in [-0.39, 0.29) is 35.9 Å². The molecule has 1 atom stereocenters. The van der Waals surface area contributed by atoms with E-state index in [9.17, 15) is 9.59 Å². The predicted octanol–water partition coefficient (Wildman–Crippen LogP) is -0.325. The molecule has 2 N–H and O–H groups in total. The minimum Gasteiger partial charge on any atom is -0.476 e. The van der Waals surface area contributed by atoms with Gasteiger partial charge in [0.2, 0.25) is 0 Å². The first-order valence-electron chi connectivity index (χ1n) is 5.32. The first kappa shape index (κ1) is 12.9. The van der Waals surface area contributed by atoms with Crippen molar-refractivity contribution in [1.29, 1.82) is 0 Å². The van der Waals surface area contributed by atoms with E-state index >= 15 is 0 Å². The zero-order chi connectivity index (χ0) is 13.1. The molecular formula is C10H12N2O5S. The average molecular weight is 272 g/mol. The van der Waals surface area contributed by atoms with Crippen LogP contribution in [0.3, 0.4) is 0 Å². The molecule has 1 saturated heterocycles. The second-order valence-corrected chi connectivity index (χ2v) is 4.63. The fourth-order valence-corrected chi connectivity index (χ4v) is 2.38. The number of carboxylic acids is 1. The van der Waals surface area contributed by atoms with Crippen molar-refractivity contribution in [3.63, 3.8) is 0 Å². The molecule has 98 valence electrons. The number of thiazole rings is 1. The molecule has 1 fully saturated rings. The number of ether oxygens (including phenoxy) is 1. The fraction of sp³-hybridized carbons (Fsp3) is 0.500. The highest BCUT2D eigenvalue weighted by Gasteiger charge is 2.26. The Morgan fingerprint density at radius 3 is 3.00 bits per heavy atom. The molecular weight excluding hydrogens is 260 g/mol. The minimum absolute atomic E-state index is 0.129. The van der Waals surface area contributed by atoms with Gasteiger partial charge in [-0.2, -0.15) is 0 Å². The fourth-order valence-electron chi connectivity index (χ4n) is 1.62. The molecule has 0 bridgehead atoms. The van der Waals surface area contributed by atoms with Gasteiger partial charge in [0.25, 0.3) is 5.91 Å². The third kappa shape index (κ3) is 2.66. The van der Waals surface area contributed by atoms with Crippen molar-refractivity contribution in [3.8, 4) is 0 Å². The summed E-state index contributed by atoms with van der Waals surface area (Å²) in [6.45, 7) is 0.908. The predicted molar refractivity (Wildman–Crippen MR) is 61.8 cm³/mol. The minimum atomic E-state index is -1.15. The Hall–Kier alpha value is -1.51.